The number of carbonyl (C=O) groups excluding carboxylic acids is 1. The highest BCUT2D eigenvalue weighted by Crippen LogP contribution is 2.23. The number of rotatable bonds is 7. The van der Waals surface area contributed by atoms with E-state index in [1.54, 1.807) is 31.2 Å². The number of hydrogen-bond donors (Lipinski definition) is 1. The number of aliphatic carboxylic acids is 1. The minimum absolute atomic E-state index is 0.00517. The van der Waals surface area contributed by atoms with Crippen molar-refractivity contribution in [2.75, 3.05) is 6.61 Å². The third-order valence-electron chi connectivity index (χ3n) is 3.26. The van der Waals surface area contributed by atoms with E-state index in [0.717, 1.165) is 0 Å². The van der Waals surface area contributed by atoms with E-state index in [1.807, 2.05) is 0 Å². The van der Waals surface area contributed by atoms with Gasteiger partial charge >= 0.3 is 11.9 Å². The van der Waals surface area contributed by atoms with E-state index in [4.69, 9.17) is 9.47 Å². The number of hydrogen-bond acceptors (Lipinski definition) is 4. The lowest BCUT2D eigenvalue weighted by Crippen LogP contribution is -2.27. The van der Waals surface area contributed by atoms with Gasteiger partial charge in [-0.3, -0.25) is 9.59 Å². The van der Waals surface area contributed by atoms with Gasteiger partial charge in [0.15, 0.2) is 5.92 Å². The fraction of sp³-hybridized carbons (Fsp3) is 0.222. The van der Waals surface area contributed by atoms with Crippen molar-refractivity contribution in [1.29, 1.82) is 0 Å². The van der Waals surface area contributed by atoms with Crippen molar-refractivity contribution in [3.63, 3.8) is 0 Å². The van der Waals surface area contributed by atoms with Crippen LogP contribution >= 0.6 is 0 Å². The molecule has 0 bridgehead atoms. The second kappa shape index (κ2) is 8.10. The van der Waals surface area contributed by atoms with Gasteiger partial charge in [-0.2, -0.15) is 0 Å². The van der Waals surface area contributed by atoms with E-state index in [2.05, 4.69) is 0 Å². The Morgan fingerprint density at radius 3 is 2.46 bits per heavy atom. The fourth-order valence-electron chi connectivity index (χ4n) is 2.12. The molecule has 1 atom stereocenters. The second-order valence-corrected chi connectivity index (χ2v) is 5.05. The first kappa shape index (κ1) is 17.5. The van der Waals surface area contributed by atoms with Gasteiger partial charge in [0.2, 0.25) is 0 Å². The van der Waals surface area contributed by atoms with Gasteiger partial charge in [-0.1, -0.05) is 12.1 Å². The van der Waals surface area contributed by atoms with Crippen LogP contribution in [0.15, 0.2) is 48.5 Å². The Morgan fingerprint density at radius 1 is 1.12 bits per heavy atom. The first-order valence-corrected chi connectivity index (χ1v) is 7.41. The lowest BCUT2D eigenvalue weighted by Gasteiger charge is -2.12. The zero-order valence-corrected chi connectivity index (χ0v) is 13.1. The zero-order valence-electron chi connectivity index (χ0n) is 13.1. The van der Waals surface area contributed by atoms with Crippen LogP contribution in [0.4, 0.5) is 4.39 Å². The molecule has 0 aromatic heterocycles. The molecule has 24 heavy (non-hydrogen) atoms. The van der Waals surface area contributed by atoms with Gasteiger partial charge in [0.1, 0.15) is 17.3 Å². The molecule has 1 unspecified atom stereocenters. The molecule has 2 rings (SSSR count). The number of carboxylic acid groups (broad SMARTS) is 1. The summed E-state index contributed by atoms with van der Waals surface area (Å²) in [6.07, 6.45) is -0.00517. The fourth-order valence-corrected chi connectivity index (χ4v) is 2.12. The lowest BCUT2D eigenvalue weighted by atomic mass is 9.99. The van der Waals surface area contributed by atoms with Crippen LogP contribution in [0.2, 0.25) is 0 Å². The SMILES string of the molecule is CCOC(=O)C(Cc1cccc(Oc2ccc(F)cc2)c1)C(=O)O. The molecule has 0 aliphatic heterocycles. The van der Waals surface area contributed by atoms with Crippen molar-refractivity contribution < 1.29 is 28.6 Å². The monoisotopic (exact) mass is 332 g/mol. The third kappa shape index (κ3) is 4.81. The number of carbonyl (C=O) groups is 2. The first-order chi connectivity index (χ1) is 11.5. The van der Waals surface area contributed by atoms with Crippen LogP contribution in [-0.2, 0) is 20.7 Å². The first-order valence-electron chi connectivity index (χ1n) is 7.41. The molecule has 0 aliphatic carbocycles. The molecule has 0 fully saturated rings. The normalized spacial score (nSPS) is 11.6. The summed E-state index contributed by atoms with van der Waals surface area (Å²) < 4.78 is 23.3. The molecule has 5 nitrogen and oxygen atoms in total. The van der Waals surface area contributed by atoms with Gasteiger partial charge in [0, 0.05) is 0 Å². The Hall–Kier alpha value is -2.89. The van der Waals surface area contributed by atoms with Gasteiger partial charge in [-0.05, 0) is 55.3 Å². The van der Waals surface area contributed by atoms with Gasteiger partial charge < -0.3 is 14.6 Å². The highest BCUT2D eigenvalue weighted by Gasteiger charge is 2.28. The summed E-state index contributed by atoms with van der Waals surface area (Å²) >= 11 is 0. The number of carboxylic acids is 1. The highest BCUT2D eigenvalue weighted by atomic mass is 19.1. The molecule has 0 spiro atoms. The van der Waals surface area contributed by atoms with E-state index in [1.165, 1.54) is 24.3 Å². The summed E-state index contributed by atoms with van der Waals surface area (Å²) in [6, 6.07) is 12.2. The topological polar surface area (TPSA) is 72.8 Å². The minimum Gasteiger partial charge on any atom is -0.481 e. The van der Waals surface area contributed by atoms with Crippen LogP contribution in [0.25, 0.3) is 0 Å². The van der Waals surface area contributed by atoms with E-state index >= 15 is 0 Å². The van der Waals surface area contributed by atoms with Crippen LogP contribution < -0.4 is 4.74 Å². The third-order valence-corrected chi connectivity index (χ3v) is 3.26. The average molecular weight is 332 g/mol. The molecule has 126 valence electrons. The molecule has 0 aliphatic rings. The number of benzene rings is 2. The van der Waals surface area contributed by atoms with E-state index in [9.17, 15) is 19.1 Å². The van der Waals surface area contributed by atoms with Crippen molar-refractivity contribution in [2.24, 2.45) is 5.92 Å². The molecular weight excluding hydrogens is 315 g/mol. The molecule has 0 saturated heterocycles. The Morgan fingerprint density at radius 2 is 1.83 bits per heavy atom. The average Bonchev–Trinajstić information content (AvgIpc) is 2.55. The molecule has 1 N–H and O–H groups in total. The maximum Gasteiger partial charge on any atom is 0.320 e. The van der Waals surface area contributed by atoms with Crippen LogP contribution in [0.1, 0.15) is 12.5 Å². The number of halogens is 1. The Balaban J connectivity index is 2.12. The Bertz CT molecular complexity index is 712. The smallest absolute Gasteiger partial charge is 0.320 e. The van der Waals surface area contributed by atoms with Crippen molar-refractivity contribution >= 4 is 11.9 Å². The quantitative estimate of drug-likeness (QED) is 0.621. The molecule has 0 heterocycles. The van der Waals surface area contributed by atoms with Gasteiger partial charge in [0.25, 0.3) is 0 Å². The van der Waals surface area contributed by atoms with Gasteiger partial charge in [0.05, 0.1) is 6.61 Å². The standard InChI is InChI=1S/C18H17FO5/c1-2-23-18(22)16(17(20)21)11-12-4-3-5-15(10-12)24-14-8-6-13(19)7-9-14/h3-10,16H,2,11H2,1H3,(H,20,21). The maximum absolute atomic E-state index is 12.9. The lowest BCUT2D eigenvalue weighted by molar-refractivity contribution is -0.158. The summed E-state index contributed by atoms with van der Waals surface area (Å²) in [7, 11) is 0. The summed E-state index contributed by atoms with van der Waals surface area (Å²) in [4.78, 5) is 23.0. The largest absolute Gasteiger partial charge is 0.481 e. The van der Waals surface area contributed by atoms with Gasteiger partial charge in [-0.25, -0.2) is 4.39 Å². The Labute approximate surface area is 138 Å². The van der Waals surface area contributed by atoms with Crippen molar-refractivity contribution in [1.82, 2.24) is 0 Å². The molecule has 2 aromatic carbocycles. The summed E-state index contributed by atoms with van der Waals surface area (Å²) in [5.74, 6) is -2.73. The predicted molar refractivity (Wildman–Crippen MR) is 84.4 cm³/mol. The van der Waals surface area contributed by atoms with E-state index in [-0.39, 0.29) is 18.8 Å². The van der Waals surface area contributed by atoms with Crippen LogP contribution in [0, 0.1) is 11.7 Å². The predicted octanol–water partition coefficient (Wildman–Crippen LogP) is 3.42. The Kier molecular flexibility index (Phi) is 5.89. The van der Waals surface area contributed by atoms with Crippen molar-refractivity contribution in [3.05, 3.63) is 59.9 Å². The molecule has 0 saturated carbocycles. The second-order valence-electron chi connectivity index (χ2n) is 5.05. The number of ether oxygens (including phenoxy) is 2. The van der Waals surface area contributed by atoms with Crippen LogP contribution in [0.5, 0.6) is 11.5 Å². The maximum atomic E-state index is 12.9. The minimum atomic E-state index is -1.27. The molecule has 6 heteroatoms. The number of esters is 1. The van der Waals surface area contributed by atoms with E-state index < -0.39 is 17.9 Å². The molecule has 0 amide bonds. The van der Waals surface area contributed by atoms with Gasteiger partial charge in [-0.15, -0.1) is 0 Å². The highest BCUT2D eigenvalue weighted by molar-refractivity contribution is 5.94. The summed E-state index contributed by atoms with van der Waals surface area (Å²) in [5, 5.41) is 9.19. The molecular formula is C18H17FO5. The van der Waals surface area contributed by atoms with Crippen molar-refractivity contribution in [3.8, 4) is 11.5 Å². The van der Waals surface area contributed by atoms with E-state index in [0.29, 0.717) is 17.1 Å². The van der Waals surface area contributed by atoms with Crippen molar-refractivity contribution in [2.45, 2.75) is 13.3 Å². The molecule has 2 aromatic rings. The van der Waals surface area contributed by atoms with Crippen LogP contribution in [0.3, 0.4) is 0 Å². The molecule has 0 radical (unpaired) electrons. The summed E-state index contributed by atoms with van der Waals surface area (Å²) in [5.41, 5.74) is 0.620. The zero-order chi connectivity index (χ0) is 17.5. The summed E-state index contributed by atoms with van der Waals surface area (Å²) in [6.45, 7) is 1.74. The van der Waals surface area contributed by atoms with Crippen LogP contribution in [-0.4, -0.2) is 23.7 Å².